The number of rotatable bonds is 4. The summed E-state index contributed by atoms with van der Waals surface area (Å²) in [6.07, 6.45) is 4.06. The van der Waals surface area contributed by atoms with Crippen molar-refractivity contribution in [3.05, 3.63) is 48.3 Å². The normalized spacial score (nSPS) is 18.1. The fourth-order valence-corrected chi connectivity index (χ4v) is 3.55. The third kappa shape index (κ3) is 2.90. The first-order valence-electron chi connectivity index (χ1n) is 7.00. The van der Waals surface area contributed by atoms with Gasteiger partial charge in [-0.1, -0.05) is 18.2 Å². The minimum Gasteiger partial charge on any atom is -0.329 e. The summed E-state index contributed by atoms with van der Waals surface area (Å²) in [7, 11) is 0. The van der Waals surface area contributed by atoms with E-state index in [1.54, 1.807) is 0 Å². The zero-order chi connectivity index (χ0) is 13.8. The van der Waals surface area contributed by atoms with E-state index in [2.05, 4.69) is 28.3 Å². The van der Waals surface area contributed by atoms with Gasteiger partial charge >= 0.3 is 0 Å². The first-order chi connectivity index (χ1) is 9.88. The molecular weight excluding hydrogens is 268 g/mol. The van der Waals surface area contributed by atoms with Gasteiger partial charge in [-0.15, -0.1) is 0 Å². The Kier molecular flexibility index (Phi) is 4.40. The number of benzene rings is 1. The molecule has 4 nitrogen and oxygen atoms in total. The summed E-state index contributed by atoms with van der Waals surface area (Å²) in [4.78, 5) is 2.48. The Hall–Kier alpha value is -1.30. The van der Waals surface area contributed by atoms with Crippen LogP contribution in [0, 0.1) is 0 Å². The van der Waals surface area contributed by atoms with Crippen LogP contribution in [0.25, 0.3) is 5.69 Å². The molecule has 1 atom stereocenters. The fraction of sp³-hybridized carbons (Fsp3) is 0.400. The van der Waals surface area contributed by atoms with E-state index in [1.807, 2.05) is 40.8 Å². The Morgan fingerprint density at radius 1 is 1.20 bits per heavy atom. The molecule has 0 radical (unpaired) electrons. The van der Waals surface area contributed by atoms with Crippen LogP contribution in [0.15, 0.2) is 42.7 Å². The van der Waals surface area contributed by atoms with E-state index in [1.165, 1.54) is 17.1 Å². The average molecular weight is 288 g/mol. The van der Waals surface area contributed by atoms with Crippen molar-refractivity contribution in [1.29, 1.82) is 0 Å². The third-order valence-corrected chi connectivity index (χ3v) is 4.66. The van der Waals surface area contributed by atoms with Crippen LogP contribution in [-0.4, -0.2) is 45.8 Å². The summed E-state index contributed by atoms with van der Waals surface area (Å²) in [5.74, 6) is 2.40. The first-order valence-corrected chi connectivity index (χ1v) is 8.16. The molecular formula is C15H20N4S. The van der Waals surface area contributed by atoms with Crippen molar-refractivity contribution in [3.63, 3.8) is 0 Å². The van der Waals surface area contributed by atoms with Crippen LogP contribution in [0.4, 0.5) is 0 Å². The molecule has 2 aromatic rings. The second-order valence-electron chi connectivity index (χ2n) is 4.95. The van der Waals surface area contributed by atoms with Crippen molar-refractivity contribution in [2.45, 2.75) is 6.04 Å². The van der Waals surface area contributed by atoms with E-state index < -0.39 is 0 Å². The summed E-state index contributed by atoms with van der Waals surface area (Å²) in [5, 5.41) is 4.48. The smallest absolute Gasteiger partial charge is 0.0645 e. The lowest BCUT2D eigenvalue weighted by atomic mass is 10.1. The number of thioether (sulfide) groups is 1. The largest absolute Gasteiger partial charge is 0.329 e. The van der Waals surface area contributed by atoms with Crippen LogP contribution in [0.2, 0.25) is 0 Å². The van der Waals surface area contributed by atoms with E-state index in [-0.39, 0.29) is 6.04 Å². The van der Waals surface area contributed by atoms with E-state index in [0.29, 0.717) is 6.54 Å². The summed E-state index contributed by atoms with van der Waals surface area (Å²) in [6, 6.07) is 10.5. The van der Waals surface area contributed by atoms with Gasteiger partial charge in [0.25, 0.3) is 0 Å². The maximum atomic E-state index is 6.00. The Labute approximate surface area is 124 Å². The summed E-state index contributed by atoms with van der Waals surface area (Å²) >= 11 is 2.02. The number of aromatic nitrogens is 2. The van der Waals surface area contributed by atoms with Gasteiger partial charge in [0.1, 0.15) is 0 Å². The lowest BCUT2D eigenvalue weighted by molar-refractivity contribution is 0.223. The van der Waals surface area contributed by atoms with Crippen molar-refractivity contribution >= 4 is 11.8 Å². The highest BCUT2D eigenvalue weighted by atomic mass is 32.2. The fourth-order valence-electron chi connectivity index (χ4n) is 2.62. The highest BCUT2D eigenvalue weighted by Gasteiger charge is 2.22. The molecule has 1 aromatic carbocycles. The van der Waals surface area contributed by atoms with Gasteiger partial charge in [0.05, 0.1) is 17.9 Å². The maximum Gasteiger partial charge on any atom is 0.0645 e. The minimum atomic E-state index is 0.286. The molecule has 0 bridgehead atoms. The molecule has 0 aliphatic carbocycles. The molecule has 1 aliphatic heterocycles. The van der Waals surface area contributed by atoms with E-state index >= 15 is 0 Å². The second kappa shape index (κ2) is 6.43. The summed E-state index contributed by atoms with van der Waals surface area (Å²) < 4.78 is 1.93. The maximum absolute atomic E-state index is 6.00. The molecule has 0 spiro atoms. The molecule has 0 saturated carbocycles. The van der Waals surface area contributed by atoms with Crippen LogP contribution in [0.3, 0.4) is 0 Å². The number of nitrogens with zero attached hydrogens (tertiary/aromatic N) is 3. The highest BCUT2D eigenvalue weighted by Crippen LogP contribution is 2.23. The van der Waals surface area contributed by atoms with Crippen LogP contribution in [0.1, 0.15) is 11.6 Å². The topological polar surface area (TPSA) is 47.1 Å². The van der Waals surface area contributed by atoms with Crippen molar-refractivity contribution in [2.75, 3.05) is 31.1 Å². The Balaban J connectivity index is 1.80. The number of para-hydroxylation sites is 1. The zero-order valence-corrected chi connectivity index (χ0v) is 12.3. The van der Waals surface area contributed by atoms with Crippen molar-refractivity contribution < 1.29 is 0 Å². The van der Waals surface area contributed by atoms with Gasteiger partial charge in [-0.25, -0.2) is 4.68 Å². The Morgan fingerprint density at radius 2 is 1.95 bits per heavy atom. The molecule has 1 unspecified atom stereocenters. The molecule has 1 saturated heterocycles. The standard InChI is InChI=1S/C15H20N4S/c16-10-15(18-6-8-20-9-7-18)13-11-17-19(12-13)14-4-2-1-3-5-14/h1-5,11-12,15H,6-10,16H2. The second-order valence-corrected chi connectivity index (χ2v) is 6.18. The predicted octanol–water partition coefficient (Wildman–Crippen LogP) is 1.92. The van der Waals surface area contributed by atoms with E-state index in [9.17, 15) is 0 Å². The average Bonchev–Trinajstić information content (AvgIpc) is 3.00. The van der Waals surface area contributed by atoms with Crippen LogP contribution in [0.5, 0.6) is 0 Å². The zero-order valence-electron chi connectivity index (χ0n) is 11.5. The number of hydrogen-bond acceptors (Lipinski definition) is 4. The molecule has 1 aliphatic rings. The van der Waals surface area contributed by atoms with E-state index in [0.717, 1.165) is 18.8 Å². The molecule has 2 N–H and O–H groups in total. The monoisotopic (exact) mass is 288 g/mol. The molecule has 1 aromatic heterocycles. The SMILES string of the molecule is NCC(c1cnn(-c2ccccc2)c1)N1CCSCC1. The van der Waals surface area contributed by atoms with Crippen LogP contribution >= 0.6 is 11.8 Å². The summed E-state index contributed by atoms with van der Waals surface area (Å²) in [5.41, 5.74) is 8.30. The quantitative estimate of drug-likeness (QED) is 0.934. The van der Waals surface area contributed by atoms with Crippen molar-refractivity contribution in [3.8, 4) is 5.69 Å². The summed E-state index contributed by atoms with van der Waals surface area (Å²) in [6.45, 7) is 2.87. The number of hydrogen-bond donors (Lipinski definition) is 1. The molecule has 20 heavy (non-hydrogen) atoms. The molecule has 2 heterocycles. The van der Waals surface area contributed by atoms with Gasteiger partial charge in [0.2, 0.25) is 0 Å². The lowest BCUT2D eigenvalue weighted by Gasteiger charge is -2.33. The Morgan fingerprint density at radius 3 is 2.65 bits per heavy atom. The molecule has 106 valence electrons. The van der Waals surface area contributed by atoms with E-state index in [4.69, 9.17) is 5.73 Å². The molecule has 1 fully saturated rings. The van der Waals surface area contributed by atoms with Gasteiger partial charge in [0, 0.05) is 42.9 Å². The molecule has 5 heteroatoms. The predicted molar refractivity (Wildman–Crippen MR) is 84.3 cm³/mol. The highest BCUT2D eigenvalue weighted by molar-refractivity contribution is 7.99. The first kappa shape index (κ1) is 13.7. The van der Waals surface area contributed by atoms with Gasteiger partial charge in [-0.3, -0.25) is 4.90 Å². The molecule has 0 amide bonds. The van der Waals surface area contributed by atoms with Crippen molar-refractivity contribution in [1.82, 2.24) is 14.7 Å². The van der Waals surface area contributed by atoms with Crippen molar-refractivity contribution in [2.24, 2.45) is 5.73 Å². The van der Waals surface area contributed by atoms with Gasteiger partial charge in [0.15, 0.2) is 0 Å². The third-order valence-electron chi connectivity index (χ3n) is 3.72. The van der Waals surface area contributed by atoms with Crippen LogP contribution in [-0.2, 0) is 0 Å². The Bertz CT molecular complexity index is 534. The minimum absolute atomic E-state index is 0.286. The number of nitrogens with two attached hydrogens (primary N) is 1. The van der Waals surface area contributed by atoms with Gasteiger partial charge in [-0.2, -0.15) is 16.9 Å². The lowest BCUT2D eigenvalue weighted by Crippen LogP contribution is -2.39. The van der Waals surface area contributed by atoms with Gasteiger partial charge < -0.3 is 5.73 Å². The van der Waals surface area contributed by atoms with Gasteiger partial charge in [-0.05, 0) is 12.1 Å². The van der Waals surface area contributed by atoms with Crippen LogP contribution < -0.4 is 5.73 Å². The molecule has 3 rings (SSSR count).